The zero-order valence-corrected chi connectivity index (χ0v) is 23.1. The summed E-state index contributed by atoms with van der Waals surface area (Å²) in [5.74, 6) is -0.813. The molecule has 6 nitrogen and oxygen atoms in total. The van der Waals surface area contributed by atoms with Gasteiger partial charge in [-0.3, -0.25) is 14.3 Å². The number of Topliss-reactive ketones (excluding diaryl/α,β-unsaturated/α-hetero) is 2. The minimum Gasteiger partial charge on any atom is -0.453 e. The molecule has 1 fully saturated rings. The lowest BCUT2D eigenvalue weighted by atomic mass is 9.81. The van der Waals surface area contributed by atoms with Gasteiger partial charge in [-0.1, -0.05) is 48.5 Å². The molecule has 1 saturated carbocycles. The maximum absolute atomic E-state index is 14.6. The smallest absolute Gasteiger partial charge is 0.263 e. The molecule has 0 spiro atoms. The van der Waals surface area contributed by atoms with Crippen LogP contribution >= 0.6 is 23.2 Å². The van der Waals surface area contributed by atoms with Crippen molar-refractivity contribution in [2.45, 2.75) is 50.8 Å². The molecule has 0 atom stereocenters. The van der Waals surface area contributed by atoms with E-state index in [0.717, 1.165) is 30.9 Å². The lowest BCUT2D eigenvalue weighted by molar-refractivity contribution is -0.116. The van der Waals surface area contributed by atoms with Gasteiger partial charge < -0.3 is 4.74 Å². The Hall–Kier alpha value is -2.94. The Labute approximate surface area is 231 Å². The van der Waals surface area contributed by atoms with Gasteiger partial charge in [-0.05, 0) is 67.3 Å². The quantitative estimate of drug-likeness (QED) is 0.251. The molecule has 0 amide bonds. The van der Waals surface area contributed by atoms with E-state index in [2.05, 4.69) is 4.72 Å². The predicted molar refractivity (Wildman–Crippen MR) is 146 cm³/mol. The summed E-state index contributed by atoms with van der Waals surface area (Å²) in [5.41, 5.74) is 1.17. The second-order valence-electron chi connectivity index (χ2n) is 9.53. The number of hydrogen-bond donors (Lipinski definition) is 1. The number of nitrogens with one attached hydrogen (secondary N) is 1. The van der Waals surface area contributed by atoms with Gasteiger partial charge in [0.05, 0.1) is 15.7 Å². The van der Waals surface area contributed by atoms with Gasteiger partial charge in [-0.25, -0.2) is 12.8 Å². The average molecular weight is 578 g/mol. The molecule has 1 aliphatic carbocycles. The van der Waals surface area contributed by atoms with Crippen LogP contribution in [0.15, 0.2) is 53.4 Å². The minimum atomic E-state index is -4.19. The molecule has 1 N–H and O–H groups in total. The van der Waals surface area contributed by atoms with Crippen molar-refractivity contribution in [3.8, 4) is 11.5 Å². The van der Waals surface area contributed by atoms with Crippen LogP contribution in [0.3, 0.4) is 0 Å². The van der Waals surface area contributed by atoms with Crippen LogP contribution in [0.2, 0.25) is 10.0 Å². The molecule has 0 radical (unpaired) electrons. The molecular weight excluding hydrogens is 552 g/mol. The van der Waals surface area contributed by atoms with Crippen LogP contribution in [0.5, 0.6) is 11.5 Å². The number of carbonyl (C=O) groups is 2. The summed E-state index contributed by atoms with van der Waals surface area (Å²) < 4.78 is 49.5. The Morgan fingerprint density at radius 1 is 1.03 bits per heavy atom. The van der Waals surface area contributed by atoms with E-state index in [1.807, 2.05) is 0 Å². The van der Waals surface area contributed by atoms with Gasteiger partial charge in [-0.15, -0.1) is 0 Å². The minimum absolute atomic E-state index is 0.00220. The molecular formula is C28H26Cl2FNO5S. The first kappa shape index (κ1) is 28.1. The summed E-state index contributed by atoms with van der Waals surface area (Å²) in [6, 6.07) is 11.2. The van der Waals surface area contributed by atoms with Gasteiger partial charge in [0, 0.05) is 24.5 Å². The summed E-state index contributed by atoms with van der Waals surface area (Å²) >= 11 is 12.5. The third-order valence-electron chi connectivity index (χ3n) is 6.38. The van der Waals surface area contributed by atoms with Crippen molar-refractivity contribution in [2.75, 3.05) is 4.72 Å². The molecule has 200 valence electrons. The van der Waals surface area contributed by atoms with Crippen LogP contribution in [0, 0.1) is 18.7 Å². The van der Waals surface area contributed by atoms with Gasteiger partial charge in [0.15, 0.2) is 11.5 Å². The summed E-state index contributed by atoms with van der Waals surface area (Å²) in [5, 5.41) is 0.0616. The van der Waals surface area contributed by atoms with Crippen molar-refractivity contribution in [3.05, 3.63) is 81.1 Å². The van der Waals surface area contributed by atoms with Gasteiger partial charge >= 0.3 is 0 Å². The Morgan fingerprint density at radius 2 is 1.76 bits per heavy atom. The van der Waals surface area contributed by atoms with E-state index >= 15 is 0 Å². The highest BCUT2D eigenvalue weighted by atomic mass is 35.5. The van der Waals surface area contributed by atoms with Crippen molar-refractivity contribution < 1.29 is 27.1 Å². The Kier molecular flexibility index (Phi) is 8.45. The number of aryl methyl sites for hydroxylation is 1. The molecule has 3 aromatic rings. The van der Waals surface area contributed by atoms with Crippen LogP contribution in [-0.2, 0) is 21.2 Å². The highest BCUT2D eigenvalue weighted by Crippen LogP contribution is 2.38. The van der Waals surface area contributed by atoms with E-state index in [1.54, 1.807) is 13.0 Å². The number of sulfonamides is 1. The fraction of sp³-hybridized carbons (Fsp3) is 0.286. The highest BCUT2D eigenvalue weighted by molar-refractivity contribution is 7.92. The molecule has 0 aliphatic heterocycles. The third-order valence-corrected chi connectivity index (χ3v) is 8.53. The number of ketones is 2. The standard InChI is InChI=1S/C28H26Cl2FNO5S/c1-16-6-9-28(22(30)10-16)38(35,36)32-24-14-19(25(34)12-18-4-3-5-18)7-8-26(24)37-27-15-23(31)20(11-17(2)33)13-21(27)29/h6-10,13-15,18,32H,3-5,11-12H2,1-2H3. The van der Waals surface area contributed by atoms with Crippen molar-refractivity contribution in [3.63, 3.8) is 0 Å². The van der Waals surface area contributed by atoms with Crippen molar-refractivity contribution in [1.29, 1.82) is 0 Å². The average Bonchev–Trinajstić information content (AvgIpc) is 2.79. The molecule has 0 bridgehead atoms. The number of benzene rings is 3. The highest BCUT2D eigenvalue weighted by Gasteiger charge is 2.25. The number of ether oxygens (including phenoxy) is 1. The Balaban J connectivity index is 1.71. The van der Waals surface area contributed by atoms with Crippen LogP contribution in [0.4, 0.5) is 10.1 Å². The topological polar surface area (TPSA) is 89.5 Å². The van der Waals surface area contributed by atoms with E-state index < -0.39 is 15.8 Å². The summed E-state index contributed by atoms with van der Waals surface area (Å²) in [6.07, 6.45) is 3.30. The molecule has 0 heterocycles. The Bertz CT molecular complexity index is 1520. The van der Waals surface area contributed by atoms with E-state index in [9.17, 15) is 22.4 Å². The summed E-state index contributed by atoms with van der Waals surface area (Å²) in [7, 11) is -4.19. The van der Waals surface area contributed by atoms with Crippen molar-refractivity contribution in [2.24, 2.45) is 5.92 Å². The molecule has 10 heteroatoms. The first-order valence-electron chi connectivity index (χ1n) is 12.0. The lowest BCUT2D eigenvalue weighted by Gasteiger charge is -2.24. The fourth-order valence-corrected chi connectivity index (χ4v) is 6.03. The normalized spacial score (nSPS) is 13.6. The second kappa shape index (κ2) is 11.4. The van der Waals surface area contributed by atoms with Crippen molar-refractivity contribution in [1.82, 2.24) is 0 Å². The SMILES string of the molecule is CC(=O)Cc1cc(Cl)c(Oc2ccc(C(=O)CC3CCC3)cc2NS(=O)(=O)c2ccc(C)cc2Cl)cc1F. The van der Waals surface area contributed by atoms with Crippen LogP contribution in [0.1, 0.15) is 54.1 Å². The first-order valence-corrected chi connectivity index (χ1v) is 14.3. The monoisotopic (exact) mass is 577 g/mol. The first-order chi connectivity index (χ1) is 17.9. The molecule has 1 aliphatic rings. The summed E-state index contributed by atoms with van der Waals surface area (Å²) in [6.45, 7) is 3.12. The molecule has 3 aromatic carbocycles. The molecule has 4 rings (SSSR count). The second-order valence-corrected chi connectivity index (χ2v) is 12.0. The van der Waals surface area contributed by atoms with E-state index in [-0.39, 0.29) is 55.7 Å². The largest absolute Gasteiger partial charge is 0.453 e. The molecule has 0 unspecified atom stereocenters. The summed E-state index contributed by atoms with van der Waals surface area (Å²) in [4.78, 5) is 24.2. The fourth-order valence-electron chi connectivity index (χ4n) is 4.14. The number of carbonyl (C=O) groups excluding carboxylic acids is 2. The maximum Gasteiger partial charge on any atom is 0.263 e. The van der Waals surface area contributed by atoms with Gasteiger partial charge in [0.1, 0.15) is 22.2 Å². The van der Waals surface area contributed by atoms with E-state index in [0.29, 0.717) is 17.9 Å². The van der Waals surface area contributed by atoms with Gasteiger partial charge in [0.25, 0.3) is 10.0 Å². The zero-order chi connectivity index (χ0) is 27.6. The number of halogens is 3. The number of hydrogen-bond acceptors (Lipinski definition) is 5. The van der Waals surface area contributed by atoms with Crippen LogP contribution in [0.25, 0.3) is 0 Å². The van der Waals surface area contributed by atoms with E-state index in [1.165, 1.54) is 43.3 Å². The molecule has 38 heavy (non-hydrogen) atoms. The Morgan fingerprint density at radius 3 is 2.39 bits per heavy atom. The molecule has 0 saturated heterocycles. The van der Waals surface area contributed by atoms with Crippen LogP contribution < -0.4 is 9.46 Å². The van der Waals surface area contributed by atoms with Gasteiger partial charge in [0.2, 0.25) is 0 Å². The number of anilines is 1. The van der Waals surface area contributed by atoms with E-state index in [4.69, 9.17) is 27.9 Å². The molecule has 0 aromatic heterocycles. The predicted octanol–water partition coefficient (Wildman–Crippen LogP) is 7.54. The van der Waals surface area contributed by atoms with Crippen LogP contribution in [-0.4, -0.2) is 20.0 Å². The third kappa shape index (κ3) is 6.54. The van der Waals surface area contributed by atoms with Crippen molar-refractivity contribution >= 4 is 50.5 Å². The lowest BCUT2D eigenvalue weighted by Crippen LogP contribution is -2.17. The zero-order valence-electron chi connectivity index (χ0n) is 20.8. The number of rotatable bonds is 10. The maximum atomic E-state index is 14.6. The van der Waals surface area contributed by atoms with Gasteiger partial charge in [-0.2, -0.15) is 0 Å².